The highest BCUT2D eigenvalue weighted by atomic mass is 32.2. The number of hydrogen-bond acceptors (Lipinski definition) is 4. The van der Waals surface area contributed by atoms with E-state index in [-0.39, 0.29) is 5.91 Å². The first kappa shape index (κ1) is 14.2. The summed E-state index contributed by atoms with van der Waals surface area (Å²) in [4.78, 5) is 11.9. The average Bonchev–Trinajstić information content (AvgIpc) is 2.45. The molecule has 0 aromatic heterocycles. The first-order valence-corrected chi connectivity index (χ1v) is 7.56. The van der Waals surface area contributed by atoms with Gasteiger partial charge >= 0.3 is 0 Å². The fourth-order valence-electron chi connectivity index (χ4n) is 2.09. The number of hydrogen-bond donors (Lipinski definition) is 2. The number of carbonyl (C=O) groups excluding carboxylic acids is 1. The molecule has 0 radical (unpaired) electrons. The largest absolute Gasteiger partial charge is 0.384 e. The molecule has 1 aromatic rings. The molecule has 0 aliphatic carbocycles. The second kappa shape index (κ2) is 7.40. The van der Waals surface area contributed by atoms with Crippen LogP contribution in [0.1, 0.15) is 12.8 Å². The summed E-state index contributed by atoms with van der Waals surface area (Å²) in [5.74, 6) is 0.697. The van der Waals surface area contributed by atoms with Gasteiger partial charge in [-0.05, 0) is 30.9 Å². The third kappa shape index (κ3) is 4.76. The van der Waals surface area contributed by atoms with Crippen molar-refractivity contribution in [1.29, 1.82) is 0 Å². The van der Waals surface area contributed by atoms with Gasteiger partial charge in [-0.2, -0.15) is 0 Å². The molecule has 2 rings (SSSR count). The number of anilines is 1. The second-order valence-electron chi connectivity index (χ2n) is 4.69. The van der Waals surface area contributed by atoms with E-state index in [2.05, 4.69) is 5.32 Å². The predicted molar refractivity (Wildman–Crippen MR) is 78.4 cm³/mol. The molecule has 0 spiro atoms. The van der Waals surface area contributed by atoms with Crippen LogP contribution in [-0.2, 0) is 9.53 Å². The lowest BCUT2D eigenvalue weighted by molar-refractivity contribution is -0.115. The third-order valence-electron chi connectivity index (χ3n) is 3.18. The lowest BCUT2D eigenvalue weighted by Crippen LogP contribution is -2.22. The summed E-state index contributed by atoms with van der Waals surface area (Å²) in [5.41, 5.74) is 6.27. The van der Waals surface area contributed by atoms with Gasteiger partial charge in [-0.25, -0.2) is 0 Å². The van der Waals surface area contributed by atoms with E-state index in [1.165, 1.54) is 11.8 Å². The Labute approximate surface area is 118 Å². The number of rotatable bonds is 6. The van der Waals surface area contributed by atoms with Crippen LogP contribution in [0.3, 0.4) is 0 Å². The molecule has 3 N–H and O–H groups in total. The summed E-state index contributed by atoms with van der Waals surface area (Å²) < 4.78 is 5.36. The van der Waals surface area contributed by atoms with Crippen LogP contribution in [0.5, 0.6) is 0 Å². The molecule has 0 bridgehead atoms. The molecule has 1 aliphatic heterocycles. The Morgan fingerprint density at radius 2 is 2.11 bits per heavy atom. The molecular weight excluding hydrogens is 260 g/mol. The summed E-state index contributed by atoms with van der Waals surface area (Å²) in [5, 5.41) is 3.48. The maximum Gasteiger partial charge on any atom is 0.227 e. The smallest absolute Gasteiger partial charge is 0.227 e. The highest BCUT2D eigenvalue weighted by Crippen LogP contribution is 2.27. The van der Waals surface area contributed by atoms with Crippen LogP contribution in [-0.4, -0.2) is 31.4 Å². The van der Waals surface area contributed by atoms with Gasteiger partial charge in [0.2, 0.25) is 5.91 Å². The monoisotopic (exact) mass is 280 g/mol. The molecule has 1 aromatic carbocycles. The molecule has 1 fully saturated rings. The van der Waals surface area contributed by atoms with Crippen LogP contribution in [0.25, 0.3) is 0 Å². The van der Waals surface area contributed by atoms with Crippen LogP contribution < -0.4 is 11.1 Å². The first-order chi connectivity index (χ1) is 9.25. The van der Waals surface area contributed by atoms with Crippen molar-refractivity contribution in [1.82, 2.24) is 0 Å². The van der Waals surface area contributed by atoms with Crippen molar-refractivity contribution in [2.75, 3.05) is 30.8 Å². The highest BCUT2D eigenvalue weighted by Gasteiger charge is 2.14. The van der Waals surface area contributed by atoms with Gasteiger partial charge in [0.05, 0.1) is 5.75 Å². The summed E-state index contributed by atoms with van der Waals surface area (Å²) in [6, 6.07) is 8.03. The zero-order valence-electron chi connectivity index (χ0n) is 10.9. The Hall–Kier alpha value is -1.20. The Bertz CT molecular complexity index is 420. The number of amides is 1. The van der Waals surface area contributed by atoms with Gasteiger partial charge in [0.25, 0.3) is 0 Å². The molecule has 19 heavy (non-hydrogen) atoms. The normalized spacial score (nSPS) is 16.2. The molecule has 1 heterocycles. The van der Waals surface area contributed by atoms with Crippen molar-refractivity contribution < 1.29 is 9.53 Å². The Balaban J connectivity index is 1.89. The SMILES string of the molecule is NC(=O)CSc1ccccc1NCC1CCOCC1. The Morgan fingerprint density at radius 3 is 2.84 bits per heavy atom. The van der Waals surface area contributed by atoms with Crippen LogP contribution in [0.15, 0.2) is 29.2 Å². The number of carbonyl (C=O) groups is 1. The van der Waals surface area contributed by atoms with Gasteiger partial charge in [-0.1, -0.05) is 12.1 Å². The van der Waals surface area contributed by atoms with Crippen LogP contribution in [0, 0.1) is 5.92 Å². The van der Waals surface area contributed by atoms with Crippen molar-refractivity contribution >= 4 is 23.4 Å². The number of para-hydroxylation sites is 1. The van der Waals surface area contributed by atoms with E-state index >= 15 is 0 Å². The minimum atomic E-state index is -0.288. The van der Waals surface area contributed by atoms with Gasteiger partial charge in [0.15, 0.2) is 0 Å². The quantitative estimate of drug-likeness (QED) is 0.783. The number of primary amides is 1. The Morgan fingerprint density at radius 1 is 1.37 bits per heavy atom. The number of nitrogens with two attached hydrogens (primary N) is 1. The van der Waals surface area contributed by atoms with Crippen LogP contribution in [0.2, 0.25) is 0 Å². The van der Waals surface area contributed by atoms with E-state index in [9.17, 15) is 4.79 Å². The van der Waals surface area contributed by atoms with Crippen molar-refractivity contribution in [3.05, 3.63) is 24.3 Å². The van der Waals surface area contributed by atoms with Gasteiger partial charge in [0, 0.05) is 30.3 Å². The Kier molecular flexibility index (Phi) is 5.54. The van der Waals surface area contributed by atoms with E-state index in [1.807, 2.05) is 24.3 Å². The van der Waals surface area contributed by atoms with Crippen LogP contribution >= 0.6 is 11.8 Å². The van der Waals surface area contributed by atoms with Gasteiger partial charge in [-0.15, -0.1) is 11.8 Å². The van der Waals surface area contributed by atoms with Crippen molar-refractivity contribution in [3.8, 4) is 0 Å². The standard InChI is InChI=1S/C14H20N2O2S/c15-14(17)10-19-13-4-2-1-3-12(13)16-9-11-5-7-18-8-6-11/h1-4,11,16H,5-10H2,(H2,15,17). The molecule has 1 aliphatic rings. The van der Waals surface area contributed by atoms with Crippen molar-refractivity contribution in [3.63, 3.8) is 0 Å². The lowest BCUT2D eigenvalue weighted by Gasteiger charge is -2.23. The fraction of sp³-hybridized carbons (Fsp3) is 0.500. The van der Waals surface area contributed by atoms with Gasteiger partial charge in [0.1, 0.15) is 0 Å². The van der Waals surface area contributed by atoms with E-state index in [4.69, 9.17) is 10.5 Å². The predicted octanol–water partition coefficient (Wildman–Crippen LogP) is 2.10. The fourth-order valence-corrected chi connectivity index (χ4v) is 2.86. The minimum Gasteiger partial charge on any atom is -0.384 e. The minimum absolute atomic E-state index is 0.288. The third-order valence-corrected chi connectivity index (χ3v) is 4.27. The number of nitrogens with one attached hydrogen (secondary N) is 1. The summed E-state index contributed by atoms with van der Waals surface area (Å²) in [6.07, 6.45) is 2.23. The first-order valence-electron chi connectivity index (χ1n) is 6.57. The summed E-state index contributed by atoms with van der Waals surface area (Å²) >= 11 is 1.48. The topological polar surface area (TPSA) is 64.4 Å². The number of benzene rings is 1. The van der Waals surface area contributed by atoms with E-state index in [0.717, 1.165) is 43.2 Å². The molecule has 1 saturated heterocycles. The van der Waals surface area contributed by atoms with Crippen LogP contribution in [0.4, 0.5) is 5.69 Å². The molecule has 1 amide bonds. The summed E-state index contributed by atoms with van der Waals surface area (Å²) in [7, 11) is 0. The lowest BCUT2D eigenvalue weighted by atomic mass is 10.0. The molecule has 0 unspecified atom stereocenters. The van der Waals surface area contributed by atoms with Gasteiger partial charge < -0.3 is 15.8 Å². The second-order valence-corrected chi connectivity index (χ2v) is 5.70. The zero-order chi connectivity index (χ0) is 13.5. The van der Waals surface area contributed by atoms with Crippen molar-refractivity contribution in [2.24, 2.45) is 11.7 Å². The zero-order valence-corrected chi connectivity index (χ0v) is 11.7. The van der Waals surface area contributed by atoms with E-state index in [0.29, 0.717) is 11.7 Å². The van der Waals surface area contributed by atoms with E-state index < -0.39 is 0 Å². The number of ether oxygens (including phenoxy) is 1. The summed E-state index contributed by atoms with van der Waals surface area (Å²) in [6.45, 7) is 2.69. The average molecular weight is 280 g/mol. The molecular formula is C14H20N2O2S. The molecule has 4 nitrogen and oxygen atoms in total. The highest BCUT2D eigenvalue weighted by molar-refractivity contribution is 8.00. The molecule has 5 heteroatoms. The molecule has 0 atom stereocenters. The van der Waals surface area contributed by atoms with E-state index in [1.54, 1.807) is 0 Å². The maximum atomic E-state index is 10.9. The maximum absolute atomic E-state index is 10.9. The molecule has 0 saturated carbocycles. The van der Waals surface area contributed by atoms with Crippen molar-refractivity contribution in [2.45, 2.75) is 17.7 Å². The van der Waals surface area contributed by atoms with Gasteiger partial charge in [-0.3, -0.25) is 4.79 Å². The molecule has 104 valence electrons. The number of thioether (sulfide) groups is 1.